The Hall–Kier alpha value is -2.44. The zero-order chi connectivity index (χ0) is 14.0. The number of nitrogens with two attached hydrogens (primary N) is 1. The molecular formula is C12H13FN4O2. The molecule has 2 rings (SSSR count). The summed E-state index contributed by atoms with van der Waals surface area (Å²) in [5, 5.41) is 6.82. The van der Waals surface area contributed by atoms with Crippen LogP contribution in [-0.4, -0.2) is 28.2 Å². The molecule has 19 heavy (non-hydrogen) atoms. The highest BCUT2D eigenvalue weighted by Gasteiger charge is 2.24. The molecule has 6 nitrogen and oxygen atoms in total. The summed E-state index contributed by atoms with van der Waals surface area (Å²) in [6.07, 6.45) is 0. The van der Waals surface area contributed by atoms with E-state index in [9.17, 15) is 9.18 Å². The second kappa shape index (κ2) is 5.05. The van der Waals surface area contributed by atoms with Gasteiger partial charge < -0.3 is 10.6 Å². The highest BCUT2D eigenvalue weighted by molar-refractivity contribution is 5.96. The number of carbonyl (C=O) groups excluding carboxylic acids is 1. The van der Waals surface area contributed by atoms with Gasteiger partial charge in [-0.05, 0) is 34.9 Å². The van der Waals surface area contributed by atoms with Gasteiger partial charge >= 0.3 is 0 Å². The van der Waals surface area contributed by atoms with Crippen LogP contribution in [0.3, 0.4) is 0 Å². The first-order valence-electron chi connectivity index (χ1n) is 5.61. The van der Waals surface area contributed by atoms with Gasteiger partial charge in [-0.2, -0.15) is 0 Å². The first-order chi connectivity index (χ1) is 9.00. The van der Waals surface area contributed by atoms with Crippen LogP contribution in [0.5, 0.6) is 0 Å². The molecule has 2 aromatic rings. The molecule has 0 aliphatic carbocycles. The molecule has 1 heterocycles. The van der Waals surface area contributed by atoms with Crippen LogP contribution in [0.25, 0.3) is 0 Å². The van der Waals surface area contributed by atoms with Crippen LogP contribution in [0, 0.1) is 5.82 Å². The molecule has 2 N–H and O–H groups in total. The lowest BCUT2D eigenvalue weighted by atomic mass is 10.1. The van der Waals surface area contributed by atoms with Crippen LogP contribution >= 0.6 is 0 Å². The van der Waals surface area contributed by atoms with Gasteiger partial charge in [0, 0.05) is 7.05 Å². The third-order valence-electron chi connectivity index (χ3n) is 2.97. The second-order valence-corrected chi connectivity index (χ2v) is 4.14. The Kier molecular flexibility index (Phi) is 3.46. The maximum atomic E-state index is 12.9. The van der Waals surface area contributed by atoms with E-state index in [1.165, 1.54) is 17.0 Å². The molecule has 0 fully saturated rings. The normalized spacial score (nSPS) is 12.2. The molecule has 0 aliphatic heterocycles. The fraction of sp³-hybridized carbons (Fsp3) is 0.250. The molecule has 0 aliphatic rings. The van der Waals surface area contributed by atoms with Crippen LogP contribution < -0.4 is 5.73 Å². The van der Waals surface area contributed by atoms with E-state index in [4.69, 9.17) is 5.73 Å². The number of carbonyl (C=O) groups is 1. The summed E-state index contributed by atoms with van der Waals surface area (Å²) < 4.78 is 17.3. The molecule has 0 spiro atoms. The van der Waals surface area contributed by atoms with Crippen molar-refractivity contribution in [3.8, 4) is 0 Å². The molecule has 1 aromatic heterocycles. The van der Waals surface area contributed by atoms with E-state index in [2.05, 4.69) is 14.9 Å². The first-order valence-corrected chi connectivity index (χ1v) is 5.61. The van der Waals surface area contributed by atoms with Gasteiger partial charge in [0.2, 0.25) is 11.5 Å². The lowest BCUT2D eigenvalue weighted by Gasteiger charge is -2.24. The minimum absolute atomic E-state index is 0.0311. The molecule has 0 saturated carbocycles. The summed E-state index contributed by atoms with van der Waals surface area (Å²) in [5.74, 6) is -0.784. The van der Waals surface area contributed by atoms with Crippen molar-refractivity contribution in [1.82, 2.24) is 15.2 Å². The highest BCUT2D eigenvalue weighted by atomic mass is 19.1. The highest BCUT2D eigenvalue weighted by Crippen LogP contribution is 2.21. The van der Waals surface area contributed by atoms with Gasteiger partial charge in [0.1, 0.15) is 5.82 Å². The number of benzene rings is 1. The van der Waals surface area contributed by atoms with Gasteiger partial charge in [0.25, 0.3) is 5.91 Å². The molecule has 0 radical (unpaired) electrons. The molecule has 1 aromatic carbocycles. The van der Waals surface area contributed by atoms with Crippen LogP contribution in [0.4, 0.5) is 10.2 Å². The van der Waals surface area contributed by atoms with E-state index in [0.717, 1.165) is 5.56 Å². The van der Waals surface area contributed by atoms with Crippen molar-refractivity contribution in [2.45, 2.75) is 13.0 Å². The topological polar surface area (TPSA) is 85.2 Å². The molecule has 1 atom stereocenters. The van der Waals surface area contributed by atoms with Crippen molar-refractivity contribution in [2.24, 2.45) is 0 Å². The predicted octanol–water partition coefficient (Wildman–Crippen LogP) is 1.62. The summed E-state index contributed by atoms with van der Waals surface area (Å²) in [6, 6.07) is 5.67. The number of nitrogens with zero attached hydrogens (tertiary/aromatic N) is 3. The molecule has 1 amide bonds. The van der Waals surface area contributed by atoms with Crippen LogP contribution in [0.15, 0.2) is 28.9 Å². The number of aromatic nitrogens is 2. The Labute approximate surface area is 109 Å². The summed E-state index contributed by atoms with van der Waals surface area (Å²) in [4.78, 5) is 13.6. The van der Waals surface area contributed by atoms with Gasteiger partial charge in [-0.1, -0.05) is 12.1 Å². The van der Waals surface area contributed by atoms with E-state index < -0.39 is 5.91 Å². The Morgan fingerprint density at radius 1 is 1.37 bits per heavy atom. The molecule has 7 heteroatoms. The lowest BCUT2D eigenvalue weighted by Crippen LogP contribution is -2.30. The smallest absolute Gasteiger partial charge is 0.280 e. The maximum Gasteiger partial charge on any atom is 0.280 e. The summed E-state index contributed by atoms with van der Waals surface area (Å²) >= 11 is 0. The largest absolute Gasteiger partial charge is 0.379 e. The molecule has 1 unspecified atom stereocenters. The van der Waals surface area contributed by atoms with Gasteiger partial charge in [-0.3, -0.25) is 4.79 Å². The molecule has 0 saturated heterocycles. The predicted molar refractivity (Wildman–Crippen MR) is 65.6 cm³/mol. The standard InChI is InChI=1S/C12H13FN4O2/c1-7(8-3-5-9(13)6-4-8)17(2)12(18)10-11(14)16-19-15-10/h3-7H,1-2H3,(H2,14,16). The van der Waals surface area contributed by atoms with Crippen LogP contribution in [0.2, 0.25) is 0 Å². The van der Waals surface area contributed by atoms with Crippen molar-refractivity contribution >= 4 is 11.7 Å². The van der Waals surface area contributed by atoms with Crippen LogP contribution in [0.1, 0.15) is 29.0 Å². The number of halogens is 1. The number of amides is 1. The van der Waals surface area contributed by atoms with Crippen molar-refractivity contribution in [1.29, 1.82) is 0 Å². The number of nitrogen functional groups attached to an aromatic ring is 1. The summed E-state index contributed by atoms with van der Waals surface area (Å²) in [7, 11) is 1.60. The zero-order valence-electron chi connectivity index (χ0n) is 10.5. The van der Waals surface area contributed by atoms with Crippen molar-refractivity contribution in [3.63, 3.8) is 0 Å². The van der Waals surface area contributed by atoms with Crippen LogP contribution in [-0.2, 0) is 0 Å². The zero-order valence-corrected chi connectivity index (χ0v) is 10.5. The quantitative estimate of drug-likeness (QED) is 0.910. The Morgan fingerprint density at radius 3 is 2.53 bits per heavy atom. The first kappa shape index (κ1) is 13.0. The van der Waals surface area contributed by atoms with Crippen molar-refractivity contribution in [2.75, 3.05) is 12.8 Å². The average molecular weight is 264 g/mol. The Bertz CT molecular complexity index is 582. The minimum Gasteiger partial charge on any atom is -0.379 e. The van der Waals surface area contributed by atoms with Crippen molar-refractivity contribution < 1.29 is 13.8 Å². The van der Waals surface area contributed by atoms with Gasteiger partial charge in [-0.25, -0.2) is 9.02 Å². The van der Waals surface area contributed by atoms with E-state index in [-0.39, 0.29) is 23.4 Å². The second-order valence-electron chi connectivity index (χ2n) is 4.14. The molecular weight excluding hydrogens is 251 g/mol. The van der Waals surface area contributed by atoms with E-state index in [1.807, 2.05) is 6.92 Å². The fourth-order valence-electron chi connectivity index (χ4n) is 1.65. The Morgan fingerprint density at radius 2 is 2.00 bits per heavy atom. The van der Waals surface area contributed by atoms with E-state index >= 15 is 0 Å². The molecule has 0 bridgehead atoms. The summed E-state index contributed by atoms with van der Waals surface area (Å²) in [6.45, 7) is 1.81. The third kappa shape index (κ3) is 2.54. The minimum atomic E-state index is -0.407. The Balaban J connectivity index is 2.19. The number of rotatable bonds is 3. The number of hydrogen-bond donors (Lipinski definition) is 1. The lowest BCUT2D eigenvalue weighted by molar-refractivity contribution is 0.0732. The van der Waals surface area contributed by atoms with E-state index in [1.54, 1.807) is 19.2 Å². The number of hydrogen-bond acceptors (Lipinski definition) is 5. The van der Waals surface area contributed by atoms with E-state index in [0.29, 0.717) is 0 Å². The summed E-state index contributed by atoms with van der Waals surface area (Å²) in [5.41, 5.74) is 6.24. The van der Waals surface area contributed by atoms with Gasteiger partial charge in [0.15, 0.2) is 0 Å². The van der Waals surface area contributed by atoms with Gasteiger partial charge in [0.05, 0.1) is 6.04 Å². The maximum absolute atomic E-state index is 12.9. The molecule has 100 valence electrons. The monoisotopic (exact) mass is 264 g/mol. The third-order valence-corrected chi connectivity index (χ3v) is 2.97. The SMILES string of the molecule is CC(c1ccc(F)cc1)N(C)C(=O)c1nonc1N. The number of anilines is 1. The van der Waals surface area contributed by atoms with Gasteiger partial charge in [-0.15, -0.1) is 0 Å². The fourth-order valence-corrected chi connectivity index (χ4v) is 1.65. The average Bonchev–Trinajstić information content (AvgIpc) is 2.83. The van der Waals surface area contributed by atoms with Crippen molar-refractivity contribution in [3.05, 3.63) is 41.3 Å².